The average molecular weight is 477 g/mol. The van der Waals surface area contributed by atoms with Gasteiger partial charge in [-0.2, -0.15) is 0 Å². The van der Waals surface area contributed by atoms with Crippen LogP contribution in [0.4, 0.5) is 5.13 Å². The molecule has 29 heavy (non-hydrogen) atoms. The number of rotatable bonds is 7. The second kappa shape index (κ2) is 9.34. The molecule has 154 valence electrons. The summed E-state index contributed by atoms with van der Waals surface area (Å²) in [6.45, 7) is 0.489. The Morgan fingerprint density at radius 2 is 1.93 bits per heavy atom. The van der Waals surface area contributed by atoms with E-state index in [1.807, 2.05) is 29.2 Å². The van der Waals surface area contributed by atoms with Crippen molar-refractivity contribution in [3.8, 4) is 10.6 Å². The topological polar surface area (TPSA) is 75.2 Å². The summed E-state index contributed by atoms with van der Waals surface area (Å²) in [7, 11) is 0. The molecule has 1 N–H and O–H groups in total. The molecule has 6 nitrogen and oxygen atoms in total. The van der Waals surface area contributed by atoms with Crippen molar-refractivity contribution in [1.82, 2.24) is 15.1 Å². The molecule has 2 aromatic rings. The van der Waals surface area contributed by atoms with E-state index in [-0.39, 0.29) is 17.7 Å². The number of benzene rings is 1. The van der Waals surface area contributed by atoms with Gasteiger partial charge in [-0.3, -0.25) is 9.59 Å². The molecule has 0 unspecified atom stereocenters. The largest absolute Gasteiger partial charge is 0.339 e. The zero-order valence-corrected chi connectivity index (χ0v) is 18.7. The number of amides is 2. The summed E-state index contributed by atoms with van der Waals surface area (Å²) in [5.74, 6) is 0.319. The maximum Gasteiger partial charge on any atom is 0.227 e. The van der Waals surface area contributed by atoms with E-state index in [2.05, 4.69) is 31.4 Å². The van der Waals surface area contributed by atoms with Gasteiger partial charge in [-0.15, -0.1) is 10.2 Å². The highest BCUT2D eigenvalue weighted by atomic mass is 79.9. The van der Waals surface area contributed by atoms with Crippen molar-refractivity contribution in [3.63, 3.8) is 0 Å². The highest BCUT2D eigenvalue weighted by Gasteiger charge is 2.36. The number of aromatic nitrogens is 2. The van der Waals surface area contributed by atoms with E-state index in [0.717, 1.165) is 40.7 Å². The molecule has 2 aliphatic rings. The maximum absolute atomic E-state index is 12.7. The van der Waals surface area contributed by atoms with Gasteiger partial charge in [0.25, 0.3) is 0 Å². The molecule has 0 radical (unpaired) electrons. The average Bonchev–Trinajstić information content (AvgIpc) is 3.48. The number of hydrogen-bond donors (Lipinski definition) is 1. The van der Waals surface area contributed by atoms with Crippen LogP contribution < -0.4 is 5.32 Å². The maximum atomic E-state index is 12.7. The zero-order valence-electron chi connectivity index (χ0n) is 16.3. The first-order valence-electron chi connectivity index (χ1n) is 10.3. The smallest absolute Gasteiger partial charge is 0.227 e. The summed E-state index contributed by atoms with van der Waals surface area (Å²) >= 11 is 4.80. The highest BCUT2D eigenvalue weighted by molar-refractivity contribution is 9.10. The number of nitrogens with zero attached hydrogens (tertiary/aromatic N) is 3. The molecule has 0 atom stereocenters. The van der Waals surface area contributed by atoms with Crippen LogP contribution in [0.5, 0.6) is 0 Å². The zero-order chi connectivity index (χ0) is 20.2. The summed E-state index contributed by atoms with van der Waals surface area (Å²) in [5, 5.41) is 12.4. The first-order valence-corrected chi connectivity index (χ1v) is 11.9. The molecule has 0 aliphatic heterocycles. The summed E-state index contributed by atoms with van der Waals surface area (Å²) in [5.41, 5.74) is 0.955. The third-order valence-corrected chi connectivity index (χ3v) is 6.93. The van der Waals surface area contributed by atoms with Gasteiger partial charge in [0.2, 0.25) is 16.9 Å². The summed E-state index contributed by atoms with van der Waals surface area (Å²) in [4.78, 5) is 27.2. The van der Waals surface area contributed by atoms with Crippen molar-refractivity contribution in [2.45, 2.75) is 57.4 Å². The minimum absolute atomic E-state index is 0.119. The van der Waals surface area contributed by atoms with Crippen LogP contribution in [0.2, 0.25) is 0 Å². The van der Waals surface area contributed by atoms with Gasteiger partial charge in [0.15, 0.2) is 0 Å². The van der Waals surface area contributed by atoms with E-state index in [1.165, 1.54) is 30.6 Å². The predicted octanol–water partition coefficient (Wildman–Crippen LogP) is 4.87. The Bertz CT molecular complexity index is 877. The lowest BCUT2D eigenvalue weighted by Crippen LogP contribution is -2.43. The number of carbonyl (C=O) groups excluding carboxylic acids is 2. The second-order valence-electron chi connectivity index (χ2n) is 7.82. The van der Waals surface area contributed by atoms with Crippen molar-refractivity contribution in [3.05, 3.63) is 28.7 Å². The molecule has 1 heterocycles. The normalized spacial score (nSPS) is 17.1. The van der Waals surface area contributed by atoms with Crippen molar-refractivity contribution >= 4 is 44.2 Å². The SMILES string of the molecule is O=C(CCN(C(=O)C1CC1)C1CCCCC1)Nc1nnc(-c2cccc(Br)c2)s1. The number of anilines is 1. The molecule has 8 heteroatoms. The number of carbonyl (C=O) groups is 2. The van der Waals surface area contributed by atoms with Gasteiger partial charge < -0.3 is 10.2 Å². The van der Waals surface area contributed by atoms with E-state index in [4.69, 9.17) is 0 Å². The van der Waals surface area contributed by atoms with Crippen molar-refractivity contribution in [2.24, 2.45) is 5.92 Å². The van der Waals surface area contributed by atoms with Crippen molar-refractivity contribution in [2.75, 3.05) is 11.9 Å². The number of nitrogens with one attached hydrogen (secondary N) is 1. The monoisotopic (exact) mass is 476 g/mol. The van der Waals surface area contributed by atoms with Crippen LogP contribution in [0, 0.1) is 5.92 Å². The lowest BCUT2D eigenvalue weighted by molar-refractivity contribution is -0.136. The quantitative estimate of drug-likeness (QED) is 0.618. The Morgan fingerprint density at radius 1 is 1.14 bits per heavy atom. The van der Waals surface area contributed by atoms with E-state index in [9.17, 15) is 9.59 Å². The molecule has 0 bridgehead atoms. The van der Waals surface area contributed by atoms with Gasteiger partial charge in [0.05, 0.1) is 0 Å². The molecule has 0 saturated heterocycles. The minimum atomic E-state index is -0.119. The number of halogens is 1. The molecular formula is C21H25BrN4O2S. The Kier molecular flexibility index (Phi) is 6.60. The van der Waals surface area contributed by atoms with Crippen LogP contribution in [-0.2, 0) is 9.59 Å². The van der Waals surface area contributed by atoms with Gasteiger partial charge in [0.1, 0.15) is 5.01 Å². The summed E-state index contributed by atoms with van der Waals surface area (Å²) < 4.78 is 0.971. The van der Waals surface area contributed by atoms with Crippen molar-refractivity contribution in [1.29, 1.82) is 0 Å². The third-order valence-electron chi connectivity index (χ3n) is 5.55. The Labute approximate surface area is 183 Å². The van der Waals surface area contributed by atoms with Crippen LogP contribution >= 0.6 is 27.3 Å². The lowest BCUT2D eigenvalue weighted by atomic mass is 9.93. The fourth-order valence-corrected chi connectivity index (χ4v) is 5.00. The van der Waals surface area contributed by atoms with Crippen LogP contribution in [-0.4, -0.2) is 39.5 Å². The highest BCUT2D eigenvalue weighted by Crippen LogP contribution is 2.34. The standard InChI is InChI=1S/C21H25BrN4O2S/c22-16-6-4-5-15(13-16)19-24-25-21(29-19)23-18(27)11-12-26(20(28)14-9-10-14)17-7-2-1-3-8-17/h4-6,13-14,17H,1-3,7-12H2,(H,23,25,27). The first-order chi connectivity index (χ1) is 14.1. The summed E-state index contributed by atoms with van der Waals surface area (Å²) in [6.07, 6.45) is 8.01. The molecule has 4 rings (SSSR count). The van der Waals surface area contributed by atoms with E-state index in [0.29, 0.717) is 24.1 Å². The van der Waals surface area contributed by atoms with Crippen LogP contribution in [0.3, 0.4) is 0 Å². The Balaban J connectivity index is 1.34. The van der Waals surface area contributed by atoms with Crippen molar-refractivity contribution < 1.29 is 9.59 Å². The van der Waals surface area contributed by atoms with Crippen LogP contribution in [0.25, 0.3) is 10.6 Å². The van der Waals surface area contributed by atoms with Gasteiger partial charge >= 0.3 is 0 Å². The molecule has 2 amide bonds. The fraction of sp³-hybridized carbons (Fsp3) is 0.524. The fourth-order valence-electron chi connectivity index (χ4n) is 3.85. The lowest BCUT2D eigenvalue weighted by Gasteiger charge is -2.34. The molecule has 1 aromatic heterocycles. The predicted molar refractivity (Wildman–Crippen MR) is 118 cm³/mol. The minimum Gasteiger partial charge on any atom is -0.339 e. The van der Waals surface area contributed by atoms with Gasteiger partial charge in [0, 0.05) is 35.0 Å². The Morgan fingerprint density at radius 3 is 2.66 bits per heavy atom. The van der Waals surface area contributed by atoms with E-state index >= 15 is 0 Å². The molecular weight excluding hydrogens is 452 g/mol. The van der Waals surface area contributed by atoms with Crippen LogP contribution in [0.1, 0.15) is 51.4 Å². The van der Waals surface area contributed by atoms with Gasteiger partial charge in [-0.25, -0.2) is 0 Å². The molecule has 1 aromatic carbocycles. The molecule has 2 saturated carbocycles. The van der Waals surface area contributed by atoms with Crippen LogP contribution in [0.15, 0.2) is 28.7 Å². The third kappa shape index (κ3) is 5.42. The molecule has 0 spiro atoms. The number of hydrogen-bond acceptors (Lipinski definition) is 5. The van der Waals surface area contributed by atoms with E-state index in [1.54, 1.807) is 0 Å². The molecule has 2 aliphatic carbocycles. The summed E-state index contributed by atoms with van der Waals surface area (Å²) in [6, 6.07) is 8.12. The molecule has 2 fully saturated rings. The van der Waals surface area contributed by atoms with E-state index < -0.39 is 0 Å². The Hall–Kier alpha value is -1.80. The first kappa shape index (κ1) is 20.5. The van der Waals surface area contributed by atoms with Gasteiger partial charge in [-0.05, 0) is 37.8 Å². The van der Waals surface area contributed by atoms with Gasteiger partial charge in [-0.1, -0.05) is 58.7 Å². The second-order valence-corrected chi connectivity index (χ2v) is 9.71.